The zero-order valence-electron chi connectivity index (χ0n) is 12.8. The van der Waals surface area contributed by atoms with E-state index in [1.54, 1.807) is 37.4 Å². The van der Waals surface area contributed by atoms with Crippen LogP contribution in [0.3, 0.4) is 0 Å². The van der Waals surface area contributed by atoms with E-state index in [0.29, 0.717) is 22.7 Å². The average molecular weight is 322 g/mol. The number of nitrogens with one attached hydrogen (secondary N) is 3. The van der Waals surface area contributed by atoms with Gasteiger partial charge in [0, 0.05) is 16.6 Å². The van der Waals surface area contributed by atoms with Crippen LogP contribution in [0.25, 0.3) is 10.9 Å². The van der Waals surface area contributed by atoms with E-state index >= 15 is 0 Å². The van der Waals surface area contributed by atoms with Crippen molar-refractivity contribution in [1.29, 1.82) is 0 Å². The highest BCUT2D eigenvalue weighted by Crippen LogP contribution is 2.30. The van der Waals surface area contributed by atoms with Crippen molar-refractivity contribution in [3.63, 3.8) is 0 Å². The van der Waals surface area contributed by atoms with E-state index in [9.17, 15) is 9.59 Å². The number of rotatable bonds is 2. The summed E-state index contributed by atoms with van der Waals surface area (Å²) in [4.78, 5) is 24.1. The lowest BCUT2D eigenvalue weighted by atomic mass is 10.1. The zero-order chi connectivity index (χ0) is 16.7. The standard InChI is InChI=1S/C17H14N4O3/c1-9-16(22)20-14-6-10(3-5-15(14)24-9)17(23)19-12-4-2-11-8-18-21-13(11)7-12/h2-9H,1H3,(H,18,21)(H,19,23)(H,20,22). The van der Waals surface area contributed by atoms with Crippen LogP contribution in [0.5, 0.6) is 5.75 Å². The largest absolute Gasteiger partial charge is 0.479 e. The van der Waals surface area contributed by atoms with Crippen LogP contribution in [0.4, 0.5) is 11.4 Å². The maximum Gasteiger partial charge on any atom is 0.265 e. The summed E-state index contributed by atoms with van der Waals surface area (Å²) in [5, 5.41) is 13.3. The minimum absolute atomic E-state index is 0.232. The van der Waals surface area contributed by atoms with Gasteiger partial charge in [0.2, 0.25) is 0 Å². The van der Waals surface area contributed by atoms with Crippen molar-refractivity contribution in [3.8, 4) is 5.75 Å². The summed E-state index contributed by atoms with van der Waals surface area (Å²) < 4.78 is 5.48. The van der Waals surface area contributed by atoms with Gasteiger partial charge in [0.15, 0.2) is 6.10 Å². The number of hydrogen-bond acceptors (Lipinski definition) is 4. The van der Waals surface area contributed by atoms with Crippen molar-refractivity contribution < 1.29 is 14.3 Å². The van der Waals surface area contributed by atoms with Gasteiger partial charge in [0.05, 0.1) is 17.4 Å². The number of anilines is 2. The number of fused-ring (bicyclic) bond motifs is 2. The molecule has 3 N–H and O–H groups in total. The van der Waals surface area contributed by atoms with Crippen LogP contribution in [0.15, 0.2) is 42.6 Å². The van der Waals surface area contributed by atoms with Crippen molar-refractivity contribution in [2.75, 3.05) is 10.6 Å². The number of benzene rings is 2. The van der Waals surface area contributed by atoms with Gasteiger partial charge in [-0.15, -0.1) is 0 Å². The van der Waals surface area contributed by atoms with Gasteiger partial charge in [0.25, 0.3) is 11.8 Å². The molecule has 2 amide bonds. The van der Waals surface area contributed by atoms with Crippen LogP contribution >= 0.6 is 0 Å². The predicted octanol–water partition coefficient (Wildman–Crippen LogP) is 2.53. The molecular formula is C17H14N4O3. The normalized spacial score (nSPS) is 16.2. The summed E-state index contributed by atoms with van der Waals surface area (Å²) in [7, 11) is 0. The van der Waals surface area contributed by atoms with Gasteiger partial charge >= 0.3 is 0 Å². The van der Waals surface area contributed by atoms with E-state index in [1.165, 1.54) is 0 Å². The smallest absolute Gasteiger partial charge is 0.265 e. The number of aromatic amines is 1. The van der Waals surface area contributed by atoms with Gasteiger partial charge in [0.1, 0.15) is 5.75 Å². The minimum Gasteiger partial charge on any atom is -0.479 e. The maximum absolute atomic E-state index is 12.4. The number of carbonyl (C=O) groups excluding carboxylic acids is 2. The molecule has 1 atom stereocenters. The van der Waals surface area contributed by atoms with Crippen LogP contribution in [-0.2, 0) is 4.79 Å². The highest BCUT2D eigenvalue weighted by atomic mass is 16.5. The maximum atomic E-state index is 12.4. The third kappa shape index (κ3) is 2.45. The molecule has 7 nitrogen and oxygen atoms in total. The Kier molecular flexibility index (Phi) is 3.19. The second-order valence-electron chi connectivity index (χ2n) is 5.59. The Bertz CT molecular complexity index is 963. The van der Waals surface area contributed by atoms with Gasteiger partial charge in [-0.05, 0) is 43.3 Å². The number of nitrogens with zero attached hydrogens (tertiary/aromatic N) is 1. The molecule has 0 spiro atoms. The summed E-state index contributed by atoms with van der Waals surface area (Å²) in [6, 6.07) is 10.4. The highest BCUT2D eigenvalue weighted by molar-refractivity contribution is 6.07. The molecule has 1 aliphatic heterocycles. The Morgan fingerprint density at radius 2 is 2.12 bits per heavy atom. The summed E-state index contributed by atoms with van der Waals surface area (Å²) >= 11 is 0. The molecule has 0 bridgehead atoms. The van der Waals surface area contributed by atoms with Crippen LogP contribution in [-0.4, -0.2) is 28.1 Å². The van der Waals surface area contributed by atoms with Gasteiger partial charge in [-0.3, -0.25) is 14.7 Å². The Balaban J connectivity index is 1.58. The molecule has 0 fully saturated rings. The fourth-order valence-electron chi connectivity index (χ4n) is 2.57. The van der Waals surface area contributed by atoms with E-state index in [2.05, 4.69) is 20.8 Å². The monoisotopic (exact) mass is 322 g/mol. The molecule has 24 heavy (non-hydrogen) atoms. The van der Waals surface area contributed by atoms with E-state index in [4.69, 9.17) is 4.74 Å². The molecule has 3 aromatic rings. The van der Waals surface area contributed by atoms with E-state index in [0.717, 1.165) is 10.9 Å². The first kappa shape index (κ1) is 14.3. The minimum atomic E-state index is -0.543. The molecule has 0 radical (unpaired) electrons. The van der Waals surface area contributed by atoms with Crippen LogP contribution < -0.4 is 15.4 Å². The molecule has 0 saturated heterocycles. The third-order valence-electron chi connectivity index (χ3n) is 3.87. The van der Waals surface area contributed by atoms with Crippen LogP contribution in [0.1, 0.15) is 17.3 Å². The zero-order valence-corrected chi connectivity index (χ0v) is 12.8. The first-order chi connectivity index (χ1) is 11.6. The molecule has 4 rings (SSSR count). The van der Waals surface area contributed by atoms with E-state index < -0.39 is 6.10 Å². The van der Waals surface area contributed by atoms with Gasteiger partial charge < -0.3 is 15.4 Å². The molecule has 1 unspecified atom stereocenters. The number of H-pyrrole nitrogens is 1. The molecule has 2 aromatic carbocycles. The average Bonchev–Trinajstić information content (AvgIpc) is 3.03. The second kappa shape index (κ2) is 5.38. The summed E-state index contributed by atoms with van der Waals surface area (Å²) in [6.45, 7) is 1.67. The van der Waals surface area contributed by atoms with Crippen LogP contribution in [0, 0.1) is 0 Å². The van der Waals surface area contributed by atoms with Crippen molar-refractivity contribution in [3.05, 3.63) is 48.2 Å². The molecule has 1 aliphatic rings. The fraction of sp³-hybridized carbons (Fsp3) is 0.118. The predicted molar refractivity (Wildman–Crippen MR) is 89.2 cm³/mol. The van der Waals surface area contributed by atoms with Crippen molar-refractivity contribution in [2.45, 2.75) is 13.0 Å². The molecular weight excluding hydrogens is 308 g/mol. The summed E-state index contributed by atoms with van der Waals surface area (Å²) in [5.41, 5.74) is 2.42. The SMILES string of the molecule is CC1Oc2ccc(C(=O)Nc3ccc4cn[nH]c4c3)cc2NC1=O. The van der Waals surface area contributed by atoms with Gasteiger partial charge in [-0.1, -0.05) is 0 Å². The number of aromatic nitrogens is 2. The lowest BCUT2D eigenvalue weighted by Crippen LogP contribution is -2.34. The number of ether oxygens (including phenoxy) is 1. The Hall–Kier alpha value is -3.35. The number of amides is 2. The molecule has 2 heterocycles. The third-order valence-corrected chi connectivity index (χ3v) is 3.87. The lowest BCUT2D eigenvalue weighted by molar-refractivity contribution is -0.122. The van der Waals surface area contributed by atoms with Crippen molar-refractivity contribution in [1.82, 2.24) is 10.2 Å². The first-order valence-corrected chi connectivity index (χ1v) is 7.46. The summed E-state index contributed by atoms with van der Waals surface area (Å²) in [6.07, 6.45) is 1.17. The molecule has 120 valence electrons. The van der Waals surface area contributed by atoms with Crippen LogP contribution in [0.2, 0.25) is 0 Å². The topological polar surface area (TPSA) is 96.1 Å². The molecule has 1 aromatic heterocycles. The van der Waals surface area contributed by atoms with Gasteiger partial charge in [-0.2, -0.15) is 5.10 Å². The Morgan fingerprint density at radius 1 is 1.25 bits per heavy atom. The summed E-state index contributed by atoms with van der Waals surface area (Å²) in [5.74, 6) is 0.0480. The van der Waals surface area contributed by atoms with E-state index in [1.807, 2.05) is 12.1 Å². The fourth-order valence-corrected chi connectivity index (χ4v) is 2.57. The van der Waals surface area contributed by atoms with Gasteiger partial charge in [-0.25, -0.2) is 0 Å². The number of hydrogen-bond donors (Lipinski definition) is 3. The molecule has 0 saturated carbocycles. The van der Waals surface area contributed by atoms with Crippen molar-refractivity contribution in [2.24, 2.45) is 0 Å². The second-order valence-corrected chi connectivity index (χ2v) is 5.59. The Morgan fingerprint density at radius 3 is 3.00 bits per heavy atom. The quantitative estimate of drug-likeness (QED) is 0.675. The lowest BCUT2D eigenvalue weighted by Gasteiger charge is -2.23. The molecule has 7 heteroatoms. The van der Waals surface area contributed by atoms with E-state index in [-0.39, 0.29) is 11.8 Å². The highest BCUT2D eigenvalue weighted by Gasteiger charge is 2.24. The Labute approximate surface area is 137 Å². The van der Waals surface area contributed by atoms with Crippen molar-refractivity contribution >= 4 is 34.1 Å². The number of carbonyl (C=O) groups is 2. The molecule has 0 aliphatic carbocycles. The first-order valence-electron chi connectivity index (χ1n) is 7.46.